The van der Waals surface area contributed by atoms with E-state index >= 15 is 0 Å². The molecule has 0 spiro atoms. The molecule has 0 aliphatic heterocycles. The second-order valence-electron chi connectivity index (χ2n) is 3.43. The second-order valence-corrected chi connectivity index (χ2v) is 3.43. The molecule has 15 heavy (non-hydrogen) atoms. The molecule has 1 aromatic rings. The number of hydrogen-bond acceptors (Lipinski definition) is 2. The van der Waals surface area contributed by atoms with Crippen LogP contribution in [-0.4, -0.2) is 13.2 Å². The third-order valence-corrected chi connectivity index (χ3v) is 1.72. The number of rotatable bonds is 4. The largest absolute Gasteiger partial charge is 0.383 e. The number of hydrogen-bond donors (Lipinski definition) is 1. The maximum absolute atomic E-state index is 5.03. The fraction of sp³-hybridized carbons (Fsp3) is 0.538. The second kappa shape index (κ2) is 8.30. The van der Waals surface area contributed by atoms with Gasteiger partial charge >= 0.3 is 0 Å². The highest BCUT2D eigenvalue weighted by Gasteiger charge is 1.95. The first-order valence-electron chi connectivity index (χ1n) is 5.57. The zero-order valence-corrected chi connectivity index (χ0v) is 10.5. The summed E-state index contributed by atoms with van der Waals surface area (Å²) in [6.07, 6.45) is 0. The van der Waals surface area contributed by atoms with Gasteiger partial charge in [-0.15, -0.1) is 0 Å². The van der Waals surface area contributed by atoms with Crippen LogP contribution in [0.5, 0.6) is 0 Å². The minimum absolute atomic E-state index is 0.480. The molecule has 86 valence electrons. The Kier molecular flexibility index (Phi) is 7.74. The molecule has 0 amide bonds. The lowest BCUT2D eigenvalue weighted by Crippen LogP contribution is -2.09. The Hall–Kier alpha value is -1.02. The van der Waals surface area contributed by atoms with Crippen LogP contribution in [0.25, 0.3) is 0 Å². The normalized spacial score (nSPS) is 9.47. The van der Waals surface area contributed by atoms with E-state index < -0.39 is 0 Å². The monoisotopic (exact) mass is 209 g/mol. The number of nitrogens with one attached hydrogen (secondary N) is 1. The molecule has 0 heterocycles. The van der Waals surface area contributed by atoms with Crippen LogP contribution >= 0.6 is 0 Å². The van der Waals surface area contributed by atoms with Gasteiger partial charge in [0, 0.05) is 18.8 Å². The van der Waals surface area contributed by atoms with Crippen molar-refractivity contribution in [2.75, 3.05) is 12.4 Å². The average molecular weight is 209 g/mol. The summed E-state index contributed by atoms with van der Waals surface area (Å²) in [5.74, 6) is 0. The lowest BCUT2D eigenvalue weighted by atomic mass is 10.2. The topological polar surface area (TPSA) is 21.3 Å². The third kappa shape index (κ3) is 6.13. The average Bonchev–Trinajstić information content (AvgIpc) is 2.24. The minimum atomic E-state index is 0.480. The van der Waals surface area contributed by atoms with Crippen molar-refractivity contribution in [1.82, 2.24) is 0 Å². The van der Waals surface area contributed by atoms with E-state index in [-0.39, 0.29) is 0 Å². The van der Waals surface area contributed by atoms with Gasteiger partial charge in [0.15, 0.2) is 0 Å². The van der Waals surface area contributed by atoms with E-state index in [1.165, 1.54) is 5.56 Å². The fourth-order valence-electron chi connectivity index (χ4n) is 1.20. The van der Waals surface area contributed by atoms with Crippen LogP contribution in [0, 0.1) is 0 Å². The Bertz CT molecular complexity index is 241. The van der Waals surface area contributed by atoms with Crippen LogP contribution in [0.15, 0.2) is 24.3 Å². The Morgan fingerprint density at radius 2 is 1.67 bits per heavy atom. The Balaban J connectivity index is 0.000000921. The Morgan fingerprint density at radius 3 is 2.07 bits per heavy atom. The van der Waals surface area contributed by atoms with Gasteiger partial charge in [-0.05, 0) is 31.5 Å². The standard InChI is InChI=1S/C11H17NO.C2H6/c1-9(2)12-11-6-4-10(5-7-11)8-13-3;1-2/h4-7,9,12H,8H2,1-3H3;1-2H3. The van der Waals surface area contributed by atoms with Crippen molar-refractivity contribution in [1.29, 1.82) is 0 Å². The minimum Gasteiger partial charge on any atom is -0.383 e. The highest BCUT2D eigenvalue weighted by atomic mass is 16.5. The lowest BCUT2D eigenvalue weighted by molar-refractivity contribution is 0.185. The summed E-state index contributed by atoms with van der Waals surface area (Å²) < 4.78 is 5.03. The smallest absolute Gasteiger partial charge is 0.0713 e. The van der Waals surface area contributed by atoms with Gasteiger partial charge in [-0.3, -0.25) is 0 Å². The fourth-order valence-corrected chi connectivity index (χ4v) is 1.20. The summed E-state index contributed by atoms with van der Waals surface area (Å²) in [5, 5.41) is 3.33. The first-order valence-corrected chi connectivity index (χ1v) is 5.57. The van der Waals surface area contributed by atoms with Gasteiger partial charge in [-0.1, -0.05) is 26.0 Å². The molecule has 0 aliphatic carbocycles. The summed E-state index contributed by atoms with van der Waals surface area (Å²) in [6.45, 7) is 8.94. The van der Waals surface area contributed by atoms with Gasteiger partial charge in [0.1, 0.15) is 0 Å². The molecule has 2 nitrogen and oxygen atoms in total. The quantitative estimate of drug-likeness (QED) is 0.816. The van der Waals surface area contributed by atoms with E-state index in [0.717, 1.165) is 5.69 Å². The van der Waals surface area contributed by atoms with E-state index in [0.29, 0.717) is 12.6 Å². The summed E-state index contributed by atoms with van der Waals surface area (Å²) in [7, 11) is 1.71. The number of benzene rings is 1. The van der Waals surface area contributed by atoms with Crippen LogP contribution in [0.4, 0.5) is 5.69 Å². The van der Waals surface area contributed by atoms with Crippen LogP contribution in [0.3, 0.4) is 0 Å². The van der Waals surface area contributed by atoms with Gasteiger partial charge in [0.05, 0.1) is 6.61 Å². The summed E-state index contributed by atoms with van der Waals surface area (Å²) in [5.41, 5.74) is 2.37. The third-order valence-electron chi connectivity index (χ3n) is 1.72. The van der Waals surface area contributed by atoms with E-state index in [2.05, 4.69) is 43.4 Å². The van der Waals surface area contributed by atoms with Gasteiger partial charge in [-0.25, -0.2) is 0 Å². The van der Waals surface area contributed by atoms with E-state index in [1.807, 2.05) is 13.8 Å². The molecule has 0 bridgehead atoms. The van der Waals surface area contributed by atoms with Crippen LogP contribution in [0.1, 0.15) is 33.3 Å². The Morgan fingerprint density at radius 1 is 1.13 bits per heavy atom. The molecule has 0 radical (unpaired) electrons. The SMILES string of the molecule is CC.COCc1ccc(NC(C)C)cc1. The molecule has 0 saturated carbocycles. The van der Waals surface area contributed by atoms with Crippen molar-refractivity contribution < 1.29 is 4.74 Å². The number of anilines is 1. The number of ether oxygens (including phenoxy) is 1. The predicted octanol–water partition coefficient (Wildman–Crippen LogP) is 3.68. The molecule has 0 atom stereocenters. The van der Waals surface area contributed by atoms with Crippen molar-refractivity contribution in [2.24, 2.45) is 0 Å². The summed E-state index contributed by atoms with van der Waals surface area (Å²) in [4.78, 5) is 0. The maximum Gasteiger partial charge on any atom is 0.0713 e. The van der Waals surface area contributed by atoms with E-state index in [9.17, 15) is 0 Å². The van der Waals surface area contributed by atoms with Crippen LogP contribution in [0.2, 0.25) is 0 Å². The van der Waals surface area contributed by atoms with Crippen LogP contribution in [-0.2, 0) is 11.3 Å². The first kappa shape index (κ1) is 14.0. The number of methoxy groups -OCH3 is 1. The molecule has 0 aliphatic rings. The highest BCUT2D eigenvalue weighted by Crippen LogP contribution is 2.10. The molecule has 0 aromatic heterocycles. The van der Waals surface area contributed by atoms with Gasteiger partial charge < -0.3 is 10.1 Å². The predicted molar refractivity (Wildman–Crippen MR) is 67.3 cm³/mol. The van der Waals surface area contributed by atoms with Crippen molar-refractivity contribution in [3.05, 3.63) is 29.8 Å². The molecule has 0 unspecified atom stereocenters. The molecule has 1 rings (SSSR count). The van der Waals surface area contributed by atoms with E-state index in [1.54, 1.807) is 7.11 Å². The first-order chi connectivity index (χ1) is 7.22. The van der Waals surface area contributed by atoms with Gasteiger partial charge in [0.2, 0.25) is 0 Å². The maximum atomic E-state index is 5.03. The molecule has 1 N–H and O–H groups in total. The van der Waals surface area contributed by atoms with E-state index in [4.69, 9.17) is 4.74 Å². The summed E-state index contributed by atoms with van der Waals surface area (Å²) >= 11 is 0. The zero-order chi connectivity index (χ0) is 11.7. The lowest BCUT2D eigenvalue weighted by Gasteiger charge is -2.10. The van der Waals surface area contributed by atoms with Crippen molar-refractivity contribution in [2.45, 2.75) is 40.3 Å². The molecule has 2 heteroatoms. The zero-order valence-electron chi connectivity index (χ0n) is 10.5. The Labute approximate surface area is 93.7 Å². The molecule has 0 saturated heterocycles. The molecule has 0 fully saturated rings. The summed E-state index contributed by atoms with van der Waals surface area (Å²) in [6, 6.07) is 8.79. The van der Waals surface area contributed by atoms with Crippen molar-refractivity contribution >= 4 is 5.69 Å². The van der Waals surface area contributed by atoms with Crippen molar-refractivity contribution in [3.63, 3.8) is 0 Å². The molecular weight excluding hydrogens is 186 g/mol. The van der Waals surface area contributed by atoms with Gasteiger partial charge in [-0.2, -0.15) is 0 Å². The van der Waals surface area contributed by atoms with Crippen molar-refractivity contribution in [3.8, 4) is 0 Å². The molecule has 1 aromatic carbocycles. The molecular formula is C13H23NO. The van der Waals surface area contributed by atoms with Gasteiger partial charge in [0.25, 0.3) is 0 Å². The highest BCUT2D eigenvalue weighted by molar-refractivity contribution is 5.44. The van der Waals surface area contributed by atoms with Crippen LogP contribution < -0.4 is 5.32 Å².